The Bertz CT molecular complexity index is 193. The lowest BCUT2D eigenvalue weighted by Gasteiger charge is -2.04. The van der Waals surface area contributed by atoms with E-state index < -0.39 is 0 Å². The van der Waals surface area contributed by atoms with Crippen LogP contribution in [0.3, 0.4) is 0 Å². The van der Waals surface area contributed by atoms with E-state index in [1.165, 1.54) is 0 Å². The second-order valence-corrected chi connectivity index (χ2v) is 2.51. The first-order valence-electron chi connectivity index (χ1n) is 4.08. The minimum absolute atomic E-state index is 0.00597. The summed E-state index contributed by atoms with van der Waals surface area (Å²) in [5.41, 5.74) is 3.45. The summed E-state index contributed by atoms with van der Waals surface area (Å²) in [4.78, 5) is 11.0. The van der Waals surface area contributed by atoms with Gasteiger partial charge in [0.2, 0.25) is 5.91 Å². The highest BCUT2D eigenvalue weighted by molar-refractivity contribution is 5.78. The predicted molar refractivity (Wildman–Crippen MR) is 49.6 cm³/mol. The molecule has 0 heterocycles. The summed E-state index contributed by atoms with van der Waals surface area (Å²) in [6.07, 6.45) is 0.960. The van der Waals surface area contributed by atoms with Gasteiger partial charge in [-0.2, -0.15) is 0 Å². The molecule has 0 fully saturated rings. The van der Waals surface area contributed by atoms with Gasteiger partial charge in [0.25, 0.3) is 0 Å². The summed E-state index contributed by atoms with van der Waals surface area (Å²) in [6, 6.07) is 0. The van der Waals surface area contributed by atoms with Crippen molar-refractivity contribution < 1.29 is 4.79 Å². The molecule has 0 bridgehead atoms. The zero-order chi connectivity index (χ0) is 9.40. The van der Waals surface area contributed by atoms with E-state index in [0.29, 0.717) is 6.54 Å². The monoisotopic (exact) mass is 168 g/mol. The van der Waals surface area contributed by atoms with E-state index in [-0.39, 0.29) is 5.91 Å². The average Bonchev–Trinajstić information content (AvgIpc) is 2.10. The van der Waals surface area contributed by atoms with Crippen LogP contribution < -0.4 is 10.6 Å². The van der Waals surface area contributed by atoms with Crippen LogP contribution in [-0.2, 0) is 4.79 Å². The Morgan fingerprint density at radius 2 is 2.17 bits per heavy atom. The van der Waals surface area contributed by atoms with E-state index >= 15 is 0 Å². The normalized spacial score (nSPS) is 8.50. The quantitative estimate of drug-likeness (QED) is 0.596. The number of carbonyl (C=O) groups is 1. The third kappa shape index (κ3) is 5.57. The molecular formula is C9H16N2O. The summed E-state index contributed by atoms with van der Waals surface area (Å²) in [5.74, 6) is 0.00597. The standard InChI is InChI=1S/C9H16N2O/c1-4-6-10-9(12)7-11-8(3)5-2/h11H,2,4,6-7H2,1,3H3,(H,10,12). The van der Waals surface area contributed by atoms with Crippen LogP contribution in [0.2, 0.25) is 0 Å². The van der Waals surface area contributed by atoms with Crippen molar-refractivity contribution >= 4 is 5.91 Å². The van der Waals surface area contributed by atoms with Crippen LogP contribution in [0.25, 0.3) is 0 Å². The van der Waals surface area contributed by atoms with Crippen molar-refractivity contribution in [2.75, 3.05) is 13.1 Å². The van der Waals surface area contributed by atoms with Gasteiger partial charge < -0.3 is 10.6 Å². The Balaban J connectivity index is 3.50. The first-order chi connectivity index (χ1) is 5.70. The third-order valence-corrected chi connectivity index (χ3v) is 1.35. The van der Waals surface area contributed by atoms with E-state index in [1.54, 1.807) is 0 Å². The number of nitrogens with one attached hydrogen (secondary N) is 2. The van der Waals surface area contributed by atoms with E-state index in [9.17, 15) is 4.79 Å². The highest BCUT2D eigenvalue weighted by Gasteiger charge is 1.97. The van der Waals surface area contributed by atoms with Crippen molar-refractivity contribution in [2.24, 2.45) is 0 Å². The van der Waals surface area contributed by atoms with Crippen molar-refractivity contribution in [1.82, 2.24) is 10.6 Å². The Morgan fingerprint density at radius 1 is 1.50 bits per heavy atom. The number of carbonyl (C=O) groups excluding carboxylic acids is 1. The molecule has 68 valence electrons. The molecule has 0 radical (unpaired) electrons. The van der Waals surface area contributed by atoms with Gasteiger partial charge in [-0.3, -0.25) is 4.79 Å². The second-order valence-electron chi connectivity index (χ2n) is 2.51. The van der Waals surface area contributed by atoms with Gasteiger partial charge in [0.1, 0.15) is 0 Å². The molecule has 0 unspecified atom stereocenters. The van der Waals surface area contributed by atoms with Crippen molar-refractivity contribution in [3.63, 3.8) is 0 Å². The summed E-state index contributed by atoms with van der Waals surface area (Å²) >= 11 is 0. The third-order valence-electron chi connectivity index (χ3n) is 1.35. The van der Waals surface area contributed by atoms with Gasteiger partial charge in [-0.15, -0.1) is 5.73 Å². The molecule has 3 nitrogen and oxygen atoms in total. The average molecular weight is 168 g/mol. The first kappa shape index (κ1) is 10.8. The molecule has 0 aromatic heterocycles. The van der Waals surface area contributed by atoms with Crippen molar-refractivity contribution in [2.45, 2.75) is 20.3 Å². The Kier molecular flexibility index (Phi) is 5.84. The van der Waals surface area contributed by atoms with E-state index in [2.05, 4.69) is 22.9 Å². The summed E-state index contributed by atoms with van der Waals surface area (Å²) in [5, 5.41) is 5.62. The van der Waals surface area contributed by atoms with Crippen LogP contribution >= 0.6 is 0 Å². The number of rotatable bonds is 5. The molecule has 0 saturated heterocycles. The molecule has 0 aromatic carbocycles. The molecule has 0 aliphatic rings. The van der Waals surface area contributed by atoms with Crippen LogP contribution in [0.1, 0.15) is 20.3 Å². The van der Waals surface area contributed by atoms with E-state index in [4.69, 9.17) is 0 Å². The molecule has 0 aliphatic carbocycles. The minimum Gasteiger partial charge on any atom is -0.373 e. The largest absolute Gasteiger partial charge is 0.373 e. The SMILES string of the molecule is C=C=C(C)NCC(=O)NCCC. The van der Waals surface area contributed by atoms with Crippen molar-refractivity contribution in [3.8, 4) is 0 Å². The number of allylic oxidation sites excluding steroid dienone is 1. The smallest absolute Gasteiger partial charge is 0.239 e. The van der Waals surface area contributed by atoms with E-state index in [1.807, 2.05) is 13.8 Å². The number of hydrogen-bond acceptors (Lipinski definition) is 2. The van der Waals surface area contributed by atoms with Gasteiger partial charge in [0, 0.05) is 6.54 Å². The fourth-order valence-electron chi connectivity index (χ4n) is 0.602. The molecule has 2 N–H and O–H groups in total. The molecule has 0 aromatic rings. The van der Waals surface area contributed by atoms with Gasteiger partial charge in [0.05, 0.1) is 12.2 Å². The van der Waals surface area contributed by atoms with Gasteiger partial charge >= 0.3 is 0 Å². The number of hydrogen-bond donors (Lipinski definition) is 2. The van der Waals surface area contributed by atoms with Crippen LogP contribution in [0.4, 0.5) is 0 Å². The molecular weight excluding hydrogens is 152 g/mol. The zero-order valence-electron chi connectivity index (χ0n) is 7.74. The fraction of sp³-hybridized carbons (Fsp3) is 0.556. The first-order valence-corrected chi connectivity index (χ1v) is 4.08. The lowest BCUT2D eigenvalue weighted by molar-refractivity contribution is -0.120. The molecule has 0 saturated carbocycles. The highest BCUT2D eigenvalue weighted by atomic mass is 16.1. The summed E-state index contributed by atoms with van der Waals surface area (Å²) in [7, 11) is 0. The zero-order valence-corrected chi connectivity index (χ0v) is 7.74. The maximum Gasteiger partial charge on any atom is 0.239 e. The lowest BCUT2D eigenvalue weighted by Crippen LogP contribution is -2.33. The van der Waals surface area contributed by atoms with E-state index in [0.717, 1.165) is 18.7 Å². The highest BCUT2D eigenvalue weighted by Crippen LogP contribution is 1.79. The van der Waals surface area contributed by atoms with Crippen molar-refractivity contribution in [3.05, 3.63) is 18.0 Å². The molecule has 12 heavy (non-hydrogen) atoms. The lowest BCUT2D eigenvalue weighted by atomic mass is 10.4. The number of amides is 1. The second kappa shape index (κ2) is 6.50. The van der Waals surface area contributed by atoms with Crippen molar-refractivity contribution in [1.29, 1.82) is 0 Å². The minimum atomic E-state index is 0.00597. The van der Waals surface area contributed by atoms with Gasteiger partial charge in [0.15, 0.2) is 0 Å². The Labute approximate surface area is 73.5 Å². The molecule has 0 aliphatic heterocycles. The summed E-state index contributed by atoms with van der Waals surface area (Å²) < 4.78 is 0. The van der Waals surface area contributed by atoms with Crippen LogP contribution in [0.5, 0.6) is 0 Å². The summed E-state index contributed by atoms with van der Waals surface area (Å²) in [6.45, 7) is 8.31. The maximum atomic E-state index is 11.0. The van der Waals surface area contributed by atoms with Gasteiger partial charge in [-0.25, -0.2) is 0 Å². The van der Waals surface area contributed by atoms with Gasteiger partial charge in [-0.05, 0) is 13.3 Å². The molecule has 0 spiro atoms. The molecule has 0 atom stereocenters. The molecule has 3 heteroatoms. The van der Waals surface area contributed by atoms with Crippen LogP contribution in [0.15, 0.2) is 18.0 Å². The maximum absolute atomic E-state index is 11.0. The topological polar surface area (TPSA) is 41.1 Å². The predicted octanol–water partition coefficient (Wildman–Crippen LogP) is 0.791. The molecule has 0 rings (SSSR count). The van der Waals surface area contributed by atoms with Crippen LogP contribution in [0, 0.1) is 0 Å². The Hall–Kier alpha value is -1.21. The van der Waals surface area contributed by atoms with Crippen LogP contribution in [-0.4, -0.2) is 19.0 Å². The molecule has 1 amide bonds. The Morgan fingerprint density at radius 3 is 2.67 bits per heavy atom. The fourth-order valence-corrected chi connectivity index (χ4v) is 0.602. The van der Waals surface area contributed by atoms with Gasteiger partial charge in [-0.1, -0.05) is 13.5 Å².